The van der Waals surface area contributed by atoms with Gasteiger partial charge in [-0.2, -0.15) is 13.2 Å². The van der Waals surface area contributed by atoms with Gasteiger partial charge in [0.25, 0.3) is 0 Å². The summed E-state index contributed by atoms with van der Waals surface area (Å²) in [7, 11) is 0. The summed E-state index contributed by atoms with van der Waals surface area (Å²) in [5, 5.41) is 2.98. The van der Waals surface area contributed by atoms with Crippen LogP contribution >= 0.6 is 0 Å². The molecule has 0 atom stereocenters. The third-order valence-electron chi connectivity index (χ3n) is 1.95. The Hall–Kier alpha value is -1.14. The number of aryl methyl sites for hydroxylation is 1. The van der Waals surface area contributed by atoms with Crippen molar-refractivity contribution in [3.05, 3.63) is 29.6 Å². The van der Waals surface area contributed by atoms with E-state index >= 15 is 0 Å². The van der Waals surface area contributed by atoms with E-state index in [0.717, 1.165) is 11.1 Å². The fourth-order valence-electron chi connectivity index (χ4n) is 1.28. The summed E-state index contributed by atoms with van der Waals surface area (Å²) in [5.41, 5.74) is 2.05. The minimum absolute atomic E-state index is 0.0404. The summed E-state index contributed by atoms with van der Waals surface area (Å²) >= 11 is 0. The van der Waals surface area contributed by atoms with Crippen LogP contribution in [0.2, 0.25) is 0 Å². The molecule has 0 radical (unpaired) electrons. The van der Waals surface area contributed by atoms with Crippen LogP contribution in [0.15, 0.2) is 18.5 Å². The topological polar surface area (TPSA) is 34.2 Å². The molecule has 0 saturated carbocycles. The van der Waals surface area contributed by atoms with Crippen molar-refractivity contribution in [2.45, 2.75) is 19.6 Å². The molecular formula is C11H15F3N2O. The van der Waals surface area contributed by atoms with E-state index < -0.39 is 12.8 Å². The predicted molar refractivity (Wildman–Crippen MR) is 57.6 cm³/mol. The SMILES string of the molecule is Cc1cncc(CNCCOCC(F)(F)F)c1. The van der Waals surface area contributed by atoms with Crippen molar-refractivity contribution in [1.82, 2.24) is 10.3 Å². The van der Waals surface area contributed by atoms with Crippen molar-refractivity contribution >= 4 is 0 Å². The van der Waals surface area contributed by atoms with E-state index in [9.17, 15) is 13.2 Å². The molecule has 0 aliphatic carbocycles. The van der Waals surface area contributed by atoms with Gasteiger partial charge < -0.3 is 10.1 Å². The number of halogens is 3. The van der Waals surface area contributed by atoms with Gasteiger partial charge in [-0.3, -0.25) is 4.98 Å². The van der Waals surface area contributed by atoms with Crippen LogP contribution in [0.25, 0.3) is 0 Å². The quantitative estimate of drug-likeness (QED) is 0.782. The first-order valence-corrected chi connectivity index (χ1v) is 5.23. The Balaban J connectivity index is 2.09. The average Bonchev–Trinajstić information content (AvgIpc) is 2.22. The van der Waals surface area contributed by atoms with Crippen LogP contribution in [0.4, 0.5) is 13.2 Å². The molecule has 96 valence electrons. The molecule has 1 heterocycles. The van der Waals surface area contributed by atoms with Crippen LogP contribution in [0.5, 0.6) is 0 Å². The molecule has 0 fully saturated rings. The highest BCUT2D eigenvalue weighted by Gasteiger charge is 2.27. The summed E-state index contributed by atoms with van der Waals surface area (Å²) in [4.78, 5) is 4.01. The fraction of sp³-hybridized carbons (Fsp3) is 0.545. The number of hydrogen-bond acceptors (Lipinski definition) is 3. The van der Waals surface area contributed by atoms with E-state index in [1.807, 2.05) is 13.0 Å². The molecule has 1 aromatic heterocycles. The van der Waals surface area contributed by atoms with Gasteiger partial charge in [0.2, 0.25) is 0 Å². The zero-order valence-corrected chi connectivity index (χ0v) is 9.55. The summed E-state index contributed by atoms with van der Waals surface area (Å²) in [6.45, 7) is 1.73. The minimum Gasteiger partial charge on any atom is -0.371 e. The van der Waals surface area contributed by atoms with Gasteiger partial charge in [-0.05, 0) is 18.1 Å². The van der Waals surface area contributed by atoms with Crippen molar-refractivity contribution in [2.75, 3.05) is 19.8 Å². The fourth-order valence-corrected chi connectivity index (χ4v) is 1.28. The minimum atomic E-state index is -4.25. The molecule has 0 spiro atoms. The lowest BCUT2D eigenvalue weighted by Gasteiger charge is -2.08. The third-order valence-corrected chi connectivity index (χ3v) is 1.95. The Morgan fingerprint density at radius 3 is 2.76 bits per heavy atom. The van der Waals surface area contributed by atoms with Crippen LogP contribution in [0.1, 0.15) is 11.1 Å². The molecule has 3 nitrogen and oxygen atoms in total. The molecule has 0 aromatic carbocycles. The first-order valence-electron chi connectivity index (χ1n) is 5.23. The molecule has 6 heteroatoms. The number of ether oxygens (including phenoxy) is 1. The maximum atomic E-state index is 11.7. The maximum absolute atomic E-state index is 11.7. The Morgan fingerprint density at radius 2 is 2.12 bits per heavy atom. The summed E-state index contributed by atoms with van der Waals surface area (Å²) in [6, 6.07) is 1.97. The summed E-state index contributed by atoms with van der Waals surface area (Å²) < 4.78 is 39.6. The van der Waals surface area contributed by atoms with Crippen LogP contribution in [0.3, 0.4) is 0 Å². The van der Waals surface area contributed by atoms with Gasteiger partial charge in [0.1, 0.15) is 6.61 Å². The summed E-state index contributed by atoms with van der Waals surface area (Å²) in [5.74, 6) is 0. The Bertz CT molecular complexity index is 342. The Kier molecular flexibility index (Phi) is 5.37. The van der Waals surface area contributed by atoms with Gasteiger partial charge in [-0.15, -0.1) is 0 Å². The number of rotatable bonds is 6. The monoisotopic (exact) mass is 248 g/mol. The number of nitrogens with one attached hydrogen (secondary N) is 1. The standard InChI is InChI=1S/C11H15F3N2O/c1-9-4-10(7-16-5-9)6-15-2-3-17-8-11(12,13)14/h4-5,7,15H,2-3,6,8H2,1H3. The third kappa shape index (κ3) is 6.91. The average molecular weight is 248 g/mol. The smallest absolute Gasteiger partial charge is 0.371 e. The van der Waals surface area contributed by atoms with Gasteiger partial charge in [-0.25, -0.2) is 0 Å². The van der Waals surface area contributed by atoms with E-state index in [0.29, 0.717) is 13.1 Å². The van der Waals surface area contributed by atoms with Gasteiger partial charge in [-0.1, -0.05) is 6.07 Å². The molecule has 0 amide bonds. The largest absolute Gasteiger partial charge is 0.411 e. The first kappa shape index (κ1) is 13.9. The van der Waals surface area contributed by atoms with Crippen molar-refractivity contribution in [1.29, 1.82) is 0 Å². The van der Waals surface area contributed by atoms with Crippen molar-refractivity contribution in [2.24, 2.45) is 0 Å². The van der Waals surface area contributed by atoms with Gasteiger partial charge in [0.15, 0.2) is 0 Å². The van der Waals surface area contributed by atoms with E-state index in [2.05, 4.69) is 15.0 Å². The zero-order chi connectivity index (χ0) is 12.7. The molecule has 17 heavy (non-hydrogen) atoms. The first-order chi connectivity index (χ1) is 7.97. The summed E-state index contributed by atoms with van der Waals surface area (Å²) in [6.07, 6.45) is -0.785. The number of alkyl halides is 3. The second-order valence-corrected chi connectivity index (χ2v) is 3.72. The van der Waals surface area contributed by atoms with Gasteiger partial charge >= 0.3 is 6.18 Å². The lowest BCUT2D eigenvalue weighted by molar-refractivity contribution is -0.173. The highest BCUT2D eigenvalue weighted by molar-refractivity contribution is 5.16. The highest BCUT2D eigenvalue weighted by Crippen LogP contribution is 2.13. The van der Waals surface area contributed by atoms with E-state index in [4.69, 9.17) is 0 Å². The Labute approximate surface area is 98.0 Å². The van der Waals surface area contributed by atoms with Crippen LogP contribution in [-0.2, 0) is 11.3 Å². The van der Waals surface area contributed by atoms with Crippen molar-refractivity contribution < 1.29 is 17.9 Å². The van der Waals surface area contributed by atoms with Gasteiger partial charge in [0.05, 0.1) is 6.61 Å². The molecule has 0 saturated heterocycles. The Morgan fingerprint density at radius 1 is 1.35 bits per heavy atom. The molecule has 1 N–H and O–H groups in total. The molecular weight excluding hydrogens is 233 g/mol. The molecule has 0 aliphatic heterocycles. The lowest BCUT2D eigenvalue weighted by Crippen LogP contribution is -2.23. The number of nitrogens with zero attached hydrogens (tertiary/aromatic N) is 1. The van der Waals surface area contributed by atoms with Crippen molar-refractivity contribution in [3.63, 3.8) is 0 Å². The molecule has 0 unspecified atom stereocenters. The normalized spacial score (nSPS) is 11.8. The van der Waals surface area contributed by atoms with Gasteiger partial charge in [0, 0.05) is 25.5 Å². The van der Waals surface area contributed by atoms with Crippen molar-refractivity contribution in [3.8, 4) is 0 Å². The second-order valence-electron chi connectivity index (χ2n) is 3.72. The number of pyridine rings is 1. The molecule has 0 bridgehead atoms. The lowest BCUT2D eigenvalue weighted by atomic mass is 10.2. The zero-order valence-electron chi connectivity index (χ0n) is 9.55. The molecule has 1 aromatic rings. The van der Waals surface area contributed by atoms with E-state index in [-0.39, 0.29) is 6.61 Å². The van der Waals surface area contributed by atoms with E-state index in [1.165, 1.54) is 0 Å². The highest BCUT2D eigenvalue weighted by atomic mass is 19.4. The molecule has 1 rings (SSSR count). The second kappa shape index (κ2) is 6.56. The predicted octanol–water partition coefficient (Wildman–Crippen LogP) is 2.06. The number of aromatic nitrogens is 1. The van der Waals surface area contributed by atoms with Crippen LogP contribution < -0.4 is 5.32 Å². The number of hydrogen-bond donors (Lipinski definition) is 1. The molecule has 0 aliphatic rings. The van der Waals surface area contributed by atoms with Crippen LogP contribution in [0, 0.1) is 6.92 Å². The maximum Gasteiger partial charge on any atom is 0.411 e. The van der Waals surface area contributed by atoms with Crippen LogP contribution in [-0.4, -0.2) is 30.9 Å². The van der Waals surface area contributed by atoms with E-state index in [1.54, 1.807) is 12.4 Å².